The molecule has 1 amide bonds. The summed E-state index contributed by atoms with van der Waals surface area (Å²) in [7, 11) is 0. The number of carbonyl (C=O) groups is 1. The molecule has 1 aromatic rings. The molecule has 1 atom stereocenters. The lowest BCUT2D eigenvalue weighted by atomic mass is 9.96. The number of hydrogen-bond donors (Lipinski definition) is 3. The highest BCUT2D eigenvalue weighted by Crippen LogP contribution is 2.30. The van der Waals surface area contributed by atoms with E-state index in [9.17, 15) is 27.5 Å². The molecule has 10 heteroatoms. The molecular formula is C20H26F4N4O2. The second kappa shape index (κ2) is 9.30. The zero-order valence-corrected chi connectivity index (χ0v) is 16.5. The minimum atomic E-state index is -4.68. The first kappa shape index (κ1) is 22.5. The van der Waals surface area contributed by atoms with Crippen molar-refractivity contribution in [1.29, 1.82) is 5.41 Å². The van der Waals surface area contributed by atoms with Crippen LogP contribution in [0.4, 0.5) is 17.6 Å². The molecule has 0 radical (unpaired) electrons. The third-order valence-corrected chi connectivity index (χ3v) is 5.65. The molecule has 3 N–H and O–H groups in total. The molecule has 0 bridgehead atoms. The molecule has 0 unspecified atom stereocenters. The maximum absolute atomic E-state index is 13.5. The van der Waals surface area contributed by atoms with Crippen LogP contribution in [0.3, 0.4) is 0 Å². The van der Waals surface area contributed by atoms with Gasteiger partial charge in [-0.2, -0.15) is 13.2 Å². The van der Waals surface area contributed by atoms with Gasteiger partial charge in [-0.25, -0.2) is 4.39 Å². The summed E-state index contributed by atoms with van der Waals surface area (Å²) in [6, 6.07) is 2.07. The molecule has 0 aliphatic carbocycles. The highest BCUT2D eigenvalue weighted by atomic mass is 19.4. The number of aliphatic hydroxyl groups is 1. The van der Waals surface area contributed by atoms with Crippen molar-refractivity contribution in [2.24, 2.45) is 5.92 Å². The summed E-state index contributed by atoms with van der Waals surface area (Å²) in [5, 5.41) is 20.3. The van der Waals surface area contributed by atoms with E-state index in [2.05, 4.69) is 5.32 Å². The van der Waals surface area contributed by atoms with Gasteiger partial charge in [-0.15, -0.1) is 0 Å². The van der Waals surface area contributed by atoms with Gasteiger partial charge < -0.3 is 15.3 Å². The van der Waals surface area contributed by atoms with E-state index >= 15 is 0 Å². The maximum Gasteiger partial charge on any atom is 0.416 e. The Morgan fingerprint density at radius 3 is 2.47 bits per heavy atom. The number of amidine groups is 1. The molecule has 6 nitrogen and oxygen atoms in total. The van der Waals surface area contributed by atoms with Gasteiger partial charge >= 0.3 is 6.18 Å². The molecule has 0 spiro atoms. The van der Waals surface area contributed by atoms with Crippen molar-refractivity contribution >= 4 is 11.7 Å². The fourth-order valence-corrected chi connectivity index (χ4v) is 3.88. The maximum atomic E-state index is 13.5. The van der Waals surface area contributed by atoms with Gasteiger partial charge in [-0.05, 0) is 43.4 Å². The molecule has 2 saturated heterocycles. The lowest BCUT2D eigenvalue weighted by molar-refractivity contribution is -0.137. The summed E-state index contributed by atoms with van der Waals surface area (Å²) in [6.45, 7) is 3.05. The van der Waals surface area contributed by atoms with Crippen molar-refractivity contribution in [2.45, 2.75) is 31.5 Å². The Labute approximate surface area is 172 Å². The minimum absolute atomic E-state index is 0.0303. The standard InChI is InChI=1S/C20H26F4N4O2/c21-16-8-14(7-15(9-16)20(22,23)24)19(25)26-10-13-1-5-28(6-2-13)18(30)12-27-4-3-17(29)11-27/h7-9,13,17,29H,1-6,10-12H2,(H2,25,26)/t17-/m1/s1. The average molecular weight is 430 g/mol. The van der Waals surface area contributed by atoms with Crippen LogP contribution in [0.15, 0.2) is 18.2 Å². The van der Waals surface area contributed by atoms with Crippen LogP contribution in [0, 0.1) is 17.1 Å². The number of β-amino-alcohol motifs (C(OH)–C–C–N with tert-alkyl or cyclic N) is 1. The normalized spacial score (nSPS) is 21.1. The zero-order valence-electron chi connectivity index (χ0n) is 16.5. The molecule has 30 heavy (non-hydrogen) atoms. The Morgan fingerprint density at radius 2 is 1.87 bits per heavy atom. The summed E-state index contributed by atoms with van der Waals surface area (Å²) in [4.78, 5) is 16.1. The van der Waals surface area contributed by atoms with Gasteiger partial charge in [0.05, 0.1) is 18.2 Å². The molecule has 2 fully saturated rings. The number of piperidine rings is 1. The predicted molar refractivity (Wildman–Crippen MR) is 103 cm³/mol. The van der Waals surface area contributed by atoms with Gasteiger partial charge in [-0.3, -0.25) is 15.1 Å². The average Bonchev–Trinajstić information content (AvgIpc) is 3.10. The number of nitrogens with zero attached hydrogens (tertiary/aromatic N) is 2. The number of aliphatic hydroxyl groups excluding tert-OH is 1. The monoisotopic (exact) mass is 430 g/mol. The van der Waals surface area contributed by atoms with Crippen molar-refractivity contribution < 1.29 is 27.5 Å². The molecule has 1 aromatic carbocycles. The van der Waals surface area contributed by atoms with Crippen molar-refractivity contribution in [3.63, 3.8) is 0 Å². The largest absolute Gasteiger partial charge is 0.416 e. The number of alkyl halides is 3. The van der Waals surface area contributed by atoms with E-state index in [1.54, 1.807) is 4.90 Å². The van der Waals surface area contributed by atoms with Gasteiger partial charge in [0.25, 0.3) is 0 Å². The molecule has 166 valence electrons. The Bertz CT molecular complexity index is 779. The summed E-state index contributed by atoms with van der Waals surface area (Å²) >= 11 is 0. The Balaban J connectivity index is 1.45. The number of nitrogens with one attached hydrogen (secondary N) is 2. The summed E-state index contributed by atoms with van der Waals surface area (Å²) in [6.07, 6.45) is -2.93. The molecule has 2 aliphatic rings. The molecule has 2 heterocycles. The number of rotatable bonds is 5. The Kier molecular flexibility index (Phi) is 6.97. The van der Waals surface area contributed by atoms with Crippen molar-refractivity contribution in [3.05, 3.63) is 35.1 Å². The third-order valence-electron chi connectivity index (χ3n) is 5.65. The first-order valence-electron chi connectivity index (χ1n) is 10.0. The van der Waals surface area contributed by atoms with E-state index in [1.165, 1.54) is 0 Å². The first-order valence-corrected chi connectivity index (χ1v) is 10.0. The smallest absolute Gasteiger partial charge is 0.392 e. The van der Waals surface area contributed by atoms with E-state index in [0.29, 0.717) is 64.6 Å². The van der Waals surface area contributed by atoms with Crippen LogP contribution >= 0.6 is 0 Å². The van der Waals surface area contributed by atoms with Crippen LogP contribution in [0.25, 0.3) is 0 Å². The molecular weight excluding hydrogens is 404 g/mol. The van der Waals surface area contributed by atoms with E-state index < -0.39 is 17.6 Å². The number of benzene rings is 1. The number of halogens is 4. The van der Waals surface area contributed by atoms with Crippen LogP contribution in [0.5, 0.6) is 0 Å². The third kappa shape index (κ3) is 5.91. The van der Waals surface area contributed by atoms with Gasteiger partial charge in [0, 0.05) is 38.3 Å². The lowest BCUT2D eigenvalue weighted by Crippen LogP contribution is -2.45. The van der Waals surface area contributed by atoms with Crippen LogP contribution in [-0.2, 0) is 11.0 Å². The predicted octanol–water partition coefficient (Wildman–Crippen LogP) is 2.06. The Morgan fingerprint density at radius 1 is 1.17 bits per heavy atom. The van der Waals surface area contributed by atoms with E-state index in [0.717, 1.165) is 12.1 Å². The number of hydrogen-bond acceptors (Lipinski definition) is 4. The van der Waals surface area contributed by atoms with Crippen LogP contribution in [0.2, 0.25) is 0 Å². The van der Waals surface area contributed by atoms with Crippen LogP contribution < -0.4 is 5.32 Å². The number of carbonyl (C=O) groups excluding carboxylic acids is 1. The summed E-state index contributed by atoms with van der Waals surface area (Å²) in [5.74, 6) is -1.10. The van der Waals surface area contributed by atoms with E-state index in [1.807, 2.05) is 4.90 Å². The van der Waals surface area contributed by atoms with Crippen LogP contribution in [-0.4, -0.2) is 72.0 Å². The second-order valence-corrected chi connectivity index (χ2v) is 7.98. The molecule has 0 aromatic heterocycles. The van der Waals surface area contributed by atoms with Gasteiger partial charge in [0.2, 0.25) is 5.91 Å². The van der Waals surface area contributed by atoms with E-state index in [-0.39, 0.29) is 29.3 Å². The minimum Gasteiger partial charge on any atom is -0.392 e. The molecule has 2 aliphatic heterocycles. The van der Waals surface area contributed by atoms with Crippen molar-refractivity contribution in [2.75, 3.05) is 39.3 Å². The first-order chi connectivity index (χ1) is 14.1. The quantitative estimate of drug-likeness (QED) is 0.380. The molecule has 3 rings (SSSR count). The van der Waals surface area contributed by atoms with Crippen LogP contribution in [0.1, 0.15) is 30.4 Å². The van der Waals surface area contributed by atoms with Gasteiger partial charge in [0.1, 0.15) is 11.7 Å². The summed E-state index contributed by atoms with van der Waals surface area (Å²) in [5.41, 5.74) is -1.27. The fourth-order valence-electron chi connectivity index (χ4n) is 3.88. The fraction of sp³-hybridized carbons (Fsp3) is 0.600. The Hall–Kier alpha value is -2.20. The number of amides is 1. The van der Waals surface area contributed by atoms with E-state index in [4.69, 9.17) is 5.41 Å². The van der Waals surface area contributed by atoms with Crippen molar-refractivity contribution in [1.82, 2.24) is 15.1 Å². The molecule has 0 saturated carbocycles. The zero-order chi connectivity index (χ0) is 21.9. The topological polar surface area (TPSA) is 79.7 Å². The summed E-state index contributed by atoms with van der Waals surface area (Å²) < 4.78 is 52.0. The van der Waals surface area contributed by atoms with Crippen molar-refractivity contribution in [3.8, 4) is 0 Å². The number of likely N-dealkylation sites (tertiary alicyclic amines) is 2. The highest BCUT2D eigenvalue weighted by Gasteiger charge is 2.32. The van der Waals surface area contributed by atoms with Gasteiger partial charge in [0.15, 0.2) is 0 Å². The van der Waals surface area contributed by atoms with Gasteiger partial charge in [-0.1, -0.05) is 0 Å². The lowest BCUT2D eigenvalue weighted by Gasteiger charge is -2.33. The highest BCUT2D eigenvalue weighted by molar-refractivity contribution is 5.96. The second-order valence-electron chi connectivity index (χ2n) is 7.98. The SMILES string of the molecule is N=C(NCC1CCN(C(=O)CN2CC[C@@H](O)C2)CC1)c1cc(F)cc(C(F)(F)F)c1.